The zero-order valence-corrected chi connectivity index (χ0v) is 17.1. The Morgan fingerprint density at radius 3 is 2.84 bits per heavy atom. The first kappa shape index (κ1) is 18.3. The van der Waals surface area contributed by atoms with Crippen molar-refractivity contribution in [3.05, 3.63) is 28.8 Å². The van der Waals surface area contributed by atoms with Crippen LogP contribution < -0.4 is 0 Å². The second-order valence-corrected chi connectivity index (χ2v) is 8.44. The van der Waals surface area contributed by atoms with E-state index in [1.807, 2.05) is 37.6 Å². The van der Waals surface area contributed by atoms with Crippen molar-refractivity contribution < 1.29 is 9.53 Å². The van der Waals surface area contributed by atoms with Crippen molar-refractivity contribution in [3.8, 4) is 0 Å². The average Bonchev–Trinajstić information content (AvgIpc) is 2.94. The Bertz CT molecular complexity index is 841. The first-order valence-corrected chi connectivity index (χ1v) is 10.0. The van der Waals surface area contributed by atoms with Gasteiger partial charge in [0.25, 0.3) is 0 Å². The van der Waals surface area contributed by atoms with Gasteiger partial charge in [0, 0.05) is 12.7 Å². The first-order chi connectivity index (χ1) is 11.8. The third kappa shape index (κ3) is 4.00. The van der Waals surface area contributed by atoms with Gasteiger partial charge in [-0.2, -0.15) is 0 Å². The molecule has 8 heteroatoms. The number of halogens is 1. The van der Waals surface area contributed by atoms with E-state index in [4.69, 9.17) is 9.72 Å². The number of aromatic nitrogens is 3. The fourth-order valence-electron chi connectivity index (χ4n) is 2.63. The van der Waals surface area contributed by atoms with Crippen LogP contribution in [0.3, 0.4) is 0 Å². The summed E-state index contributed by atoms with van der Waals surface area (Å²) in [6, 6.07) is 0. The summed E-state index contributed by atoms with van der Waals surface area (Å²) in [4.78, 5) is 23.2. The minimum absolute atomic E-state index is 0.284. The minimum atomic E-state index is -0.497. The lowest BCUT2D eigenvalue weighted by Crippen LogP contribution is -2.39. The van der Waals surface area contributed by atoms with Gasteiger partial charge < -0.3 is 9.64 Å². The number of hydrogen-bond donors (Lipinski definition) is 0. The molecule has 0 atom stereocenters. The molecule has 0 saturated heterocycles. The zero-order chi connectivity index (χ0) is 18.2. The summed E-state index contributed by atoms with van der Waals surface area (Å²) in [5.41, 5.74) is 2.20. The maximum absolute atomic E-state index is 12.4. The number of thioether (sulfide) groups is 1. The molecule has 0 N–H and O–H groups in total. The van der Waals surface area contributed by atoms with E-state index in [1.165, 1.54) is 0 Å². The molecule has 2 aromatic rings. The molecular formula is C17H21BrN4O2S. The van der Waals surface area contributed by atoms with Crippen molar-refractivity contribution >= 4 is 45.0 Å². The highest BCUT2D eigenvalue weighted by Crippen LogP contribution is 2.27. The molecule has 0 bridgehead atoms. The Balaban J connectivity index is 1.89. The van der Waals surface area contributed by atoms with Crippen LogP contribution in [0.1, 0.15) is 32.9 Å². The van der Waals surface area contributed by atoms with E-state index in [9.17, 15) is 4.79 Å². The Morgan fingerprint density at radius 2 is 2.16 bits per heavy atom. The summed E-state index contributed by atoms with van der Waals surface area (Å²) in [5.74, 6) is 0. The van der Waals surface area contributed by atoms with Gasteiger partial charge in [0.15, 0.2) is 5.65 Å². The second-order valence-electron chi connectivity index (χ2n) is 6.83. The molecule has 1 aliphatic heterocycles. The van der Waals surface area contributed by atoms with Crippen LogP contribution in [0.2, 0.25) is 0 Å². The molecule has 0 spiro atoms. The SMILES string of the molecule is CSc1nc(C2=CCCN(C(=O)OC(C)(C)C)C2)cn2c(Br)cnc12. The molecule has 25 heavy (non-hydrogen) atoms. The van der Waals surface area contributed by atoms with E-state index >= 15 is 0 Å². The number of amides is 1. The molecule has 134 valence electrons. The predicted molar refractivity (Wildman–Crippen MR) is 103 cm³/mol. The molecule has 3 rings (SSSR count). The highest BCUT2D eigenvalue weighted by molar-refractivity contribution is 9.10. The van der Waals surface area contributed by atoms with Gasteiger partial charge in [-0.3, -0.25) is 4.40 Å². The first-order valence-electron chi connectivity index (χ1n) is 8.03. The van der Waals surface area contributed by atoms with Crippen molar-refractivity contribution in [2.45, 2.75) is 37.8 Å². The van der Waals surface area contributed by atoms with Crippen LogP contribution in [0, 0.1) is 0 Å². The van der Waals surface area contributed by atoms with E-state index in [1.54, 1.807) is 22.9 Å². The summed E-state index contributed by atoms with van der Waals surface area (Å²) in [7, 11) is 0. The number of nitrogens with zero attached hydrogens (tertiary/aromatic N) is 4. The van der Waals surface area contributed by atoms with Crippen LogP contribution in [0.15, 0.2) is 28.1 Å². The predicted octanol–water partition coefficient (Wildman–Crippen LogP) is 4.24. The summed E-state index contributed by atoms with van der Waals surface area (Å²) in [6.07, 6.45) is 8.35. The van der Waals surface area contributed by atoms with Crippen LogP contribution in [-0.4, -0.2) is 50.3 Å². The Morgan fingerprint density at radius 1 is 1.40 bits per heavy atom. The summed E-state index contributed by atoms with van der Waals surface area (Å²) < 4.78 is 8.35. The van der Waals surface area contributed by atoms with Gasteiger partial charge in [0.1, 0.15) is 15.2 Å². The van der Waals surface area contributed by atoms with Gasteiger partial charge in [-0.15, -0.1) is 11.8 Å². The molecule has 1 aliphatic rings. The van der Waals surface area contributed by atoms with Crippen molar-refractivity contribution in [1.82, 2.24) is 19.3 Å². The molecule has 0 saturated carbocycles. The molecule has 1 amide bonds. The van der Waals surface area contributed by atoms with Gasteiger partial charge in [0.2, 0.25) is 0 Å². The van der Waals surface area contributed by atoms with Crippen molar-refractivity contribution in [3.63, 3.8) is 0 Å². The fraction of sp³-hybridized carbons (Fsp3) is 0.471. The topological polar surface area (TPSA) is 59.7 Å². The lowest BCUT2D eigenvalue weighted by Gasteiger charge is -2.30. The lowest BCUT2D eigenvalue weighted by molar-refractivity contribution is 0.0273. The van der Waals surface area contributed by atoms with Crippen molar-refractivity contribution in [2.75, 3.05) is 19.3 Å². The number of carbonyl (C=O) groups is 1. The third-order valence-electron chi connectivity index (χ3n) is 3.74. The highest BCUT2D eigenvalue weighted by Gasteiger charge is 2.25. The maximum atomic E-state index is 12.4. The Kier molecular flexibility index (Phi) is 5.11. The number of carbonyl (C=O) groups excluding carboxylic acids is 1. The molecule has 0 aliphatic carbocycles. The van der Waals surface area contributed by atoms with Gasteiger partial charge in [-0.1, -0.05) is 6.08 Å². The molecule has 0 unspecified atom stereocenters. The van der Waals surface area contributed by atoms with Crippen LogP contribution in [-0.2, 0) is 4.74 Å². The van der Waals surface area contributed by atoms with Crippen molar-refractivity contribution in [2.24, 2.45) is 0 Å². The van der Waals surface area contributed by atoms with Crippen molar-refractivity contribution in [1.29, 1.82) is 0 Å². The maximum Gasteiger partial charge on any atom is 0.410 e. The summed E-state index contributed by atoms with van der Waals surface area (Å²) in [6.45, 7) is 6.78. The van der Waals surface area contributed by atoms with Crippen LogP contribution in [0.4, 0.5) is 4.79 Å². The third-order valence-corrected chi connectivity index (χ3v) is 4.99. The van der Waals surface area contributed by atoms with E-state index in [2.05, 4.69) is 27.0 Å². The average molecular weight is 425 g/mol. The van der Waals surface area contributed by atoms with Crippen LogP contribution in [0.5, 0.6) is 0 Å². The smallest absolute Gasteiger partial charge is 0.410 e. The standard InChI is InChI=1S/C17H21BrN4O2S/c1-17(2,3)24-16(23)21-7-5-6-11(9-21)12-10-22-13(18)8-19-14(22)15(20-12)25-4/h6,8,10H,5,7,9H2,1-4H3. The van der Waals surface area contributed by atoms with Gasteiger partial charge in [-0.25, -0.2) is 14.8 Å². The van der Waals surface area contributed by atoms with E-state index in [0.717, 1.165) is 33.0 Å². The largest absolute Gasteiger partial charge is 0.444 e. The van der Waals surface area contributed by atoms with E-state index in [0.29, 0.717) is 13.1 Å². The number of ether oxygens (including phenoxy) is 1. The molecule has 0 fully saturated rings. The summed E-state index contributed by atoms with van der Waals surface area (Å²) >= 11 is 5.07. The molecule has 6 nitrogen and oxygen atoms in total. The minimum Gasteiger partial charge on any atom is -0.444 e. The van der Waals surface area contributed by atoms with Crippen LogP contribution >= 0.6 is 27.7 Å². The molecular weight excluding hydrogens is 404 g/mol. The second kappa shape index (κ2) is 6.99. The van der Waals surface area contributed by atoms with Gasteiger partial charge in [0.05, 0.1) is 18.4 Å². The van der Waals surface area contributed by atoms with Gasteiger partial charge >= 0.3 is 6.09 Å². The molecule has 3 heterocycles. The normalized spacial score (nSPS) is 15.4. The molecule has 2 aromatic heterocycles. The van der Waals surface area contributed by atoms with E-state index < -0.39 is 5.60 Å². The monoisotopic (exact) mass is 424 g/mol. The lowest BCUT2D eigenvalue weighted by atomic mass is 10.1. The number of imidazole rings is 1. The number of hydrogen-bond acceptors (Lipinski definition) is 5. The van der Waals surface area contributed by atoms with Gasteiger partial charge in [-0.05, 0) is 55.0 Å². The van der Waals surface area contributed by atoms with Crippen LogP contribution in [0.25, 0.3) is 11.2 Å². The van der Waals surface area contributed by atoms with E-state index in [-0.39, 0.29) is 6.09 Å². The Hall–Kier alpha value is -1.54. The summed E-state index contributed by atoms with van der Waals surface area (Å²) in [5, 5.41) is 0.860. The number of fused-ring (bicyclic) bond motifs is 1. The molecule has 0 radical (unpaired) electrons. The number of rotatable bonds is 2. The Labute approximate surface area is 159 Å². The highest BCUT2D eigenvalue weighted by atomic mass is 79.9. The fourth-order valence-corrected chi connectivity index (χ4v) is 3.53. The molecule has 0 aromatic carbocycles. The zero-order valence-electron chi connectivity index (χ0n) is 14.7. The quantitative estimate of drug-likeness (QED) is 0.674.